The van der Waals surface area contributed by atoms with E-state index in [9.17, 15) is 8.42 Å². The summed E-state index contributed by atoms with van der Waals surface area (Å²) in [5.41, 5.74) is 1.76. The van der Waals surface area contributed by atoms with E-state index in [2.05, 4.69) is 4.98 Å². The highest BCUT2D eigenvalue weighted by Gasteiger charge is 2.20. The molecule has 0 amide bonds. The van der Waals surface area contributed by atoms with Crippen molar-refractivity contribution in [3.63, 3.8) is 0 Å². The lowest BCUT2D eigenvalue weighted by Gasteiger charge is -2.17. The van der Waals surface area contributed by atoms with Crippen molar-refractivity contribution in [3.05, 3.63) is 72.4 Å². The summed E-state index contributed by atoms with van der Waals surface area (Å²) in [4.78, 5) is 4.66. The number of hydrogen-bond acceptors (Lipinski definition) is 3. The van der Waals surface area contributed by atoms with Crippen molar-refractivity contribution < 1.29 is 8.42 Å². The zero-order valence-electron chi connectivity index (χ0n) is 12.2. The van der Waals surface area contributed by atoms with Crippen LogP contribution in [0.5, 0.6) is 0 Å². The minimum absolute atomic E-state index is 0.287. The molecular formula is C17H16N2O2S. The fourth-order valence-corrected chi connectivity index (χ4v) is 3.50. The van der Waals surface area contributed by atoms with Crippen LogP contribution in [0.25, 0.3) is 10.9 Å². The molecule has 0 aliphatic carbocycles. The van der Waals surface area contributed by atoms with Crippen molar-refractivity contribution in [2.75, 3.05) is 7.05 Å². The van der Waals surface area contributed by atoms with Gasteiger partial charge in [-0.15, -0.1) is 0 Å². The van der Waals surface area contributed by atoms with Crippen LogP contribution >= 0.6 is 0 Å². The van der Waals surface area contributed by atoms with Gasteiger partial charge in [-0.25, -0.2) is 8.42 Å². The molecule has 0 aliphatic heterocycles. The lowest BCUT2D eigenvalue weighted by atomic mass is 10.1. The summed E-state index contributed by atoms with van der Waals surface area (Å²) < 4.78 is 26.4. The van der Waals surface area contributed by atoms with E-state index in [1.807, 2.05) is 30.3 Å². The predicted octanol–water partition coefficient (Wildman–Crippen LogP) is 3.06. The van der Waals surface area contributed by atoms with Gasteiger partial charge in [-0.3, -0.25) is 4.98 Å². The van der Waals surface area contributed by atoms with E-state index >= 15 is 0 Å². The van der Waals surface area contributed by atoms with Crippen molar-refractivity contribution >= 4 is 20.9 Å². The largest absolute Gasteiger partial charge is 0.256 e. The van der Waals surface area contributed by atoms with Crippen molar-refractivity contribution in [2.45, 2.75) is 11.4 Å². The summed E-state index contributed by atoms with van der Waals surface area (Å²) in [6.45, 7) is 0.287. The van der Waals surface area contributed by atoms with Crippen LogP contribution in [0.15, 0.2) is 71.8 Å². The van der Waals surface area contributed by atoms with Gasteiger partial charge in [0.25, 0.3) is 0 Å². The SMILES string of the molecule is CN(Cc1cnc2ccccc2c1)S(=O)(=O)c1ccccc1. The van der Waals surface area contributed by atoms with Gasteiger partial charge in [-0.1, -0.05) is 36.4 Å². The lowest BCUT2D eigenvalue weighted by Crippen LogP contribution is -2.26. The van der Waals surface area contributed by atoms with E-state index < -0.39 is 10.0 Å². The molecule has 3 aromatic rings. The second-order valence-corrected chi connectivity index (χ2v) is 7.16. The molecule has 5 heteroatoms. The van der Waals surface area contributed by atoms with Crippen LogP contribution in [0.4, 0.5) is 0 Å². The molecule has 3 rings (SSSR count). The average Bonchev–Trinajstić information content (AvgIpc) is 2.55. The quantitative estimate of drug-likeness (QED) is 0.744. The molecule has 1 heterocycles. The smallest absolute Gasteiger partial charge is 0.243 e. The van der Waals surface area contributed by atoms with Crippen molar-refractivity contribution in [3.8, 4) is 0 Å². The number of para-hydroxylation sites is 1. The van der Waals surface area contributed by atoms with Crippen LogP contribution in [0.2, 0.25) is 0 Å². The Morgan fingerprint density at radius 2 is 1.68 bits per heavy atom. The van der Waals surface area contributed by atoms with E-state index in [1.54, 1.807) is 43.6 Å². The van der Waals surface area contributed by atoms with Crippen LogP contribution in [0.1, 0.15) is 5.56 Å². The Labute approximate surface area is 130 Å². The van der Waals surface area contributed by atoms with Crippen LogP contribution in [0, 0.1) is 0 Å². The van der Waals surface area contributed by atoms with Crippen LogP contribution in [-0.4, -0.2) is 24.8 Å². The molecule has 0 saturated carbocycles. The fourth-order valence-electron chi connectivity index (χ4n) is 2.32. The highest BCUT2D eigenvalue weighted by molar-refractivity contribution is 7.89. The fraction of sp³-hybridized carbons (Fsp3) is 0.118. The van der Waals surface area contributed by atoms with E-state index in [1.165, 1.54) is 4.31 Å². The molecule has 0 spiro atoms. The zero-order valence-corrected chi connectivity index (χ0v) is 13.0. The summed E-state index contributed by atoms with van der Waals surface area (Å²) in [7, 11) is -1.90. The van der Waals surface area contributed by atoms with Gasteiger partial charge in [0.15, 0.2) is 0 Å². The molecule has 0 atom stereocenters. The third kappa shape index (κ3) is 2.86. The number of hydrogen-bond donors (Lipinski definition) is 0. The van der Waals surface area contributed by atoms with E-state index in [0.29, 0.717) is 4.90 Å². The lowest BCUT2D eigenvalue weighted by molar-refractivity contribution is 0.466. The monoisotopic (exact) mass is 312 g/mol. The highest BCUT2D eigenvalue weighted by atomic mass is 32.2. The average molecular weight is 312 g/mol. The molecule has 0 fully saturated rings. The molecule has 2 aromatic carbocycles. The number of sulfonamides is 1. The Balaban J connectivity index is 1.88. The maximum absolute atomic E-state index is 12.5. The number of pyridine rings is 1. The van der Waals surface area contributed by atoms with Gasteiger partial charge in [0.1, 0.15) is 0 Å². The Hall–Kier alpha value is -2.24. The summed E-state index contributed by atoms with van der Waals surface area (Å²) in [6.07, 6.45) is 1.72. The summed E-state index contributed by atoms with van der Waals surface area (Å²) in [6, 6.07) is 18.2. The molecule has 0 radical (unpaired) electrons. The third-order valence-corrected chi connectivity index (χ3v) is 5.32. The maximum Gasteiger partial charge on any atom is 0.243 e. The third-order valence-electron chi connectivity index (χ3n) is 3.50. The van der Waals surface area contributed by atoms with Crippen LogP contribution < -0.4 is 0 Å². The molecule has 112 valence electrons. The Morgan fingerprint density at radius 1 is 1.00 bits per heavy atom. The molecule has 0 bridgehead atoms. The zero-order chi connectivity index (χ0) is 15.6. The Kier molecular flexibility index (Phi) is 3.92. The summed E-state index contributed by atoms with van der Waals surface area (Å²) in [5.74, 6) is 0. The van der Waals surface area contributed by atoms with Gasteiger partial charge in [-0.2, -0.15) is 4.31 Å². The normalized spacial score (nSPS) is 11.9. The van der Waals surface area contributed by atoms with Crippen molar-refractivity contribution in [1.82, 2.24) is 9.29 Å². The minimum atomic E-state index is -3.48. The number of fused-ring (bicyclic) bond motifs is 1. The molecule has 0 N–H and O–H groups in total. The number of benzene rings is 2. The first-order chi connectivity index (χ1) is 10.6. The van der Waals surface area contributed by atoms with Gasteiger partial charge >= 0.3 is 0 Å². The number of aromatic nitrogens is 1. The van der Waals surface area contributed by atoms with Gasteiger partial charge in [-0.05, 0) is 29.8 Å². The molecular weight excluding hydrogens is 296 g/mol. The molecule has 4 nitrogen and oxygen atoms in total. The predicted molar refractivity (Wildman–Crippen MR) is 86.8 cm³/mol. The molecule has 22 heavy (non-hydrogen) atoms. The first-order valence-electron chi connectivity index (χ1n) is 6.92. The maximum atomic E-state index is 12.5. The van der Waals surface area contributed by atoms with Crippen molar-refractivity contribution in [1.29, 1.82) is 0 Å². The van der Waals surface area contributed by atoms with E-state index in [4.69, 9.17) is 0 Å². The van der Waals surface area contributed by atoms with Gasteiger partial charge in [0.05, 0.1) is 10.4 Å². The van der Waals surface area contributed by atoms with E-state index in [0.717, 1.165) is 16.5 Å². The van der Waals surface area contributed by atoms with Crippen LogP contribution in [-0.2, 0) is 16.6 Å². The number of rotatable bonds is 4. The van der Waals surface area contributed by atoms with Gasteiger partial charge in [0, 0.05) is 25.2 Å². The Morgan fingerprint density at radius 3 is 2.45 bits per heavy atom. The van der Waals surface area contributed by atoms with Crippen LogP contribution in [0.3, 0.4) is 0 Å². The van der Waals surface area contributed by atoms with Crippen molar-refractivity contribution in [2.24, 2.45) is 0 Å². The first-order valence-corrected chi connectivity index (χ1v) is 8.36. The van der Waals surface area contributed by atoms with Gasteiger partial charge < -0.3 is 0 Å². The number of nitrogens with zero attached hydrogens (tertiary/aromatic N) is 2. The first kappa shape index (κ1) is 14.7. The van der Waals surface area contributed by atoms with E-state index in [-0.39, 0.29) is 6.54 Å². The summed E-state index contributed by atoms with van der Waals surface area (Å²) >= 11 is 0. The highest BCUT2D eigenvalue weighted by Crippen LogP contribution is 2.18. The van der Waals surface area contributed by atoms with Gasteiger partial charge in [0.2, 0.25) is 10.0 Å². The topological polar surface area (TPSA) is 50.3 Å². The Bertz CT molecular complexity index is 893. The summed E-state index contributed by atoms with van der Waals surface area (Å²) in [5, 5.41) is 1.01. The minimum Gasteiger partial charge on any atom is -0.256 e. The molecule has 0 saturated heterocycles. The molecule has 1 aromatic heterocycles. The molecule has 0 aliphatic rings. The second kappa shape index (κ2) is 5.87. The standard InChI is InChI=1S/C17H16N2O2S/c1-19(22(20,21)16-8-3-2-4-9-16)13-14-11-15-7-5-6-10-17(15)18-12-14/h2-12H,13H2,1H3. The second-order valence-electron chi connectivity index (χ2n) is 5.11. The molecule has 0 unspecified atom stereocenters.